The Balaban J connectivity index is 1.74. The molecule has 0 saturated heterocycles. The summed E-state index contributed by atoms with van der Waals surface area (Å²) >= 11 is 4.86. The molecule has 0 unspecified atom stereocenters. The first kappa shape index (κ1) is 18.1. The highest BCUT2D eigenvalue weighted by Gasteiger charge is 2.17. The van der Waals surface area contributed by atoms with Gasteiger partial charge in [0.1, 0.15) is 0 Å². The van der Waals surface area contributed by atoms with E-state index in [1.165, 1.54) is 16.3 Å². The number of thioether (sulfide) groups is 1. The van der Waals surface area contributed by atoms with Crippen LogP contribution in [-0.4, -0.2) is 40.6 Å². The Morgan fingerprint density at radius 1 is 1.17 bits per heavy atom. The van der Waals surface area contributed by atoms with Gasteiger partial charge in [-0.2, -0.15) is 10.1 Å². The molecule has 4 heterocycles. The summed E-state index contributed by atoms with van der Waals surface area (Å²) in [6.07, 6.45) is 5.14. The summed E-state index contributed by atoms with van der Waals surface area (Å²) < 4.78 is 4.15. The van der Waals surface area contributed by atoms with Crippen LogP contribution in [-0.2, 0) is 0 Å². The summed E-state index contributed by atoms with van der Waals surface area (Å²) in [6, 6.07) is 9.84. The van der Waals surface area contributed by atoms with Gasteiger partial charge >= 0.3 is 0 Å². The minimum atomic E-state index is -0.237. The van der Waals surface area contributed by atoms with Crippen LogP contribution in [0.3, 0.4) is 0 Å². The first-order valence-corrected chi connectivity index (χ1v) is 10.7. The average molecular weight is 468 g/mol. The monoisotopic (exact) mass is 467 g/mol. The van der Waals surface area contributed by atoms with Crippen molar-refractivity contribution in [3.05, 3.63) is 63.2 Å². The topological polar surface area (TPSA) is 93.8 Å². The van der Waals surface area contributed by atoms with Crippen LogP contribution in [0.5, 0.6) is 0 Å². The minimum Gasteiger partial charge on any atom is -0.268 e. The highest BCUT2D eigenvalue weighted by Crippen LogP contribution is 2.29. The number of fused-ring (bicyclic) bond motifs is 3. The Bertz CT molecular complexity index is 1440. The number of pyridine rings is 1. The first-order chi connectivity index (χ1) is 14.1. The van der Waals surface area contributed by atoms with Crippen molar-refractivity contribution in [1.29, 1.82) is 0 Å². The van der Waals surface area contributed by atoms with Gasteiger partial charge in [0.15, 0.2) is 5.65 Å². The number of benzene rings is 1. The van der Waals surface area contributed by atoms with Gasteiger partial charge in [0, 0.05) is 22.4 Å². The predicted molar refractivity (Wildman–Crippen MR) is 116 cm³/mol. The van der Waals surface area contributed by atoms with E-state index in [1.807, 2.05) is 43.5 Å². The Hall–Kier alpha value is -2.98. The molecule has 0 aliphatic heterocycles. The zero-order valence-corrected chi connectivity index (χ0v) is 17.8. The van der Waals surface area contributed by atoms with Crippen LogP contribution in [0.4, 0.5) is 0 Å². The van der Waals surface area contributed by atoms with Crippen LogP contribution in [0.15, 0.2) is 57.1 Å². The van der Waals surface area contributed by atoms with Gasteiger partial charge < -0.3 is 0 Å². The fraction of sp³-hybridized carbons (Fsp3) is 0.105. The van der Waals surface area contributed by atoms with Crippen molar-refractivity contribution in [3.8, 4) is 17.1 Å². The van der Waals surface area contributed by atoms with E-state index in [0.717, 1.165) is 21.3 Å². The lowest BCUT2D eigenvalue weighted by Crippen LogP contribution is -2.20. The predicted octanol–water partition coefficient (Wildman–Crippen LogP) is 3.61. The van der Waals surface area contributed by atoms with E-state index in [4.69, 9.17) is 0 Å². The summed E-state index contributed by atoms with van der Waals surface area (Å²) in [6.45, 7) is 1.94. The van der Waals surface area contributed by atoms with E-state index in [0.29, 0.717) is 27.7 Å². The van der Waals surface area contributed by atoms with Crippen molar-refractivity contribution in [2.45, 2.75) is 12.1 Å². The molecule has 0 aliphatic rings. The van der Waals surface area contributed by atoms with Gasteiger partial charge in [-0.3, -0.25) is 9.36 Å². The Morgan fingerprint density at radius 3 is 2.69 bits per heavy atom. The molecule has 1 N–H and O–H groups in total. The number of hydrogen-bond donors (Lipinski definition) is 1. The van der Waals surface area contributed by atoms with Crippen molar-refractivity contribution in [2.75, 3.05) is 6.26 Å². The van der Waals surface area contributed by atoms with Crippen molar-refractivity contribution in [2.24, 2.45) is 0 Å². The van der Waals surface area contributed by atoms with Crippen molar-refractivity contribution >= 4 is 44.2 Å². The zero-order chi connectivity index (χ0) is 20.1. The third kappa shape index (κ3) is 2.87. The normalized spacial score (nSPS) is 11.6. The molecule has 144 valence electrons. The van der Waals surface area contributed by atoms with Crippen molar-refractivity contribution in [1.82, 2.24) is 34.3 Å². The second-order valence-electron chi connectivity index (χ2n) is 6.40. The lowest BCUT2D eigenvalue weighted by atomic mass is 10.1. The van der Waals surface area contributed by atoms with Crippen LogP contribution < -0.4 is 5.56 Å². The van der Waals surface area contributed by atoms with E-state index >= 15 is 0 Å². The number of hydrogen-bond acceptors (Lipinski definition) is 6. The first-order valence-electron chi connectivity index (χ1n) is 8.69. The van der Waals surface area contributed by atoms with Crippen LogP contribution in [0.25, 0.3) is 33.6 Å². The van der Waals surface area contributed by atoms with Crippen molar-refractivity contribution in [3.63, 3.8) is 0 Å². The molecular formula is C19H14BrN7OS. The number of aromatic amines is 1. The average Bonchev–Trinajstić information content (AvgIpc) is 3.33. The molecule has 0 aliphatic carbocycles. The second-order valence-corrected chi connectivity index (χ2v) is 8.09. The number of halogens is 1. The molecule has 4 aromatic heterocycles. The highest BCUT2D eigenvalue weighted by atomic mass is 79.9. The highest BCUT2D eigenvalue weighted by molar-refractivity contribution is 9.10. The molecule has 5 aromatic rings. The number of H-pyrrole nitrogens is 1. The Labute approximate surface area is 177 Å². The van der Waals surface area contributed by atoms with E-state index in [1.54, 1.807) is 16.9 Å². The third-order valence-corrected chi connectivity index (χ3v) is 5.76. The Morgan fingerprint density at radius 2 is 1.97 bits per heavy atom. The second kappa shape index (κ2) is 6.82. The number of nitrogens with one attached hydrogen (secondary N) is 1. The maximum absolute atomic E-state index is 13.1. The number of nitrogens with zero attached hydrogens (tertiary/aromatic N) is 6. The summed E-state index contributed by atoms with van der Waals surface area (Å²) in [5.74, 6) is 0.369. The smallest absolute Gasteiger partial charge is 0.268 e. The van der Waals surface area contributed by atoms with E-state index < -0.39 is 0 Å². The quantitative estimate of drug-likeness (QED) is 0.407. The van der Waals surface area contributed by atoms with Crippen LogP contribution in [0.2, 0.25) is 0 Å². The maximum atomic E-state index is 13.1. The van der Waals surface area contributed by atoms with Gasteiger partial charge in [-0.05, 0) is 36.9 Å². The summed E-state index contributed by atoms with van der Waals surface area (Å²) in [5, 5.41) is 12.5. The molecule has 10 heteroatoms. The molecule has 5 rings (SSSR count). The van der Waals surface area contributed by atoms with Gasteiger partial charge in [-0.15, -0.1) is 5.10 Å². The summed E-state index contributed by atoms with van der Waals surface area (Å²) in [5.41, 5.74) is 3.97. The summed E-state index contributed by atoms with van der Waals surface area (Å²) in [7, 11) is 0. The van der Waals surface area contributed by atoms with Crippen LogP contribution >= 0.6 is 27.7 Å². The van der Waals surface area contributed by atoms with Crippen LogP contribution in [0.1, 0.15) is 5.69 Å². The number of aryl methyl sites for hydroxylation is 1. The standard InChI is InChI=1S/C19H14BrN7OS/c1-10-15(11-3-5-12(20)6-4-11)16-21-9-13-14(27(16)25-10)7-8-26(17(13)28)18-22-19(29-2)24-23-18/h3-9H,1-2H3,(H,22,23,24). The molecule has 1 aromatic carbocycles. The van der Waals surface area contributed by atoms with E-state index in [-0.39, 0.29) is 5.56 Å². The minimum absolute atomic E-state index is 0.237. The fourth-order valence-corrected chi connectivity index (χ4v) is 3.91. The van der Waals surface area contributed by atoms with Gasteiger partial charge in [0.25, 0.3) is 5.56 Å². The molecular weight excluding hydrogens is 454 g/mol. The van der Waals surface area contributed by atoms with Gasteiger partial charge in [0.2, 0.25) is 11.1 Å². The lowest BCUT2D eigenvalue weighted by Gasteiger charge is -2.05. The Kier molecular flexibility index (Phi) is 4.25. The van der Waals surface area contributed by atoms with E-state index in [2.05, 4.69) is 41.2 Å². The van der Waals surface area contributed by atoms with Crippen molar-refractivity contribution < 1.29 is 0 Å². The third-order valence-electron chi connectivity index (χ3n) is 4.68. The summed E-state index contributed by atoms with van der Waals surface area (Å²) in [4.78, 5) is 21.9. The van der Waals surface area contributed by atoms with E-state index in [9.17, 15) is 4.79 Å². The fourth-order valence-electron chi connectivity index (χ4n) is 3.33. The number of aromatic nitrogens is 7. The van der Waals surface area contributed by atoms with Gasteiger partial charge in [-0.1, -0.05) is 39.8 Å². The lowest BCUT2D eigenvalue weighted by molar-refractivity contribution is 0.892. The molecule has 0 amide bonds. The molecule has 0 atom stereocenters. The molecule has 0 saturated carbocycles. The molecule has 0 radical (unpaired) electrons. The van der Waals surface area contributed by atoms with Gasteiger partial charge in [-0.25, -0.2) is 14.6 Å². The maximum Gasteiger partial charge on any atom is 0.268 e. The van der Waals surface area contributed by atoms with Crippen LogP contribution in [0, 0.1) is 6.92 Å². The zero-order valence-electron chi connectivity index (χ0n) is 15.4. The molecule has 29 heavy (non-hydrogen) atoms. The molecule has 8 nitrogen and oxygen atoms in total. The molecule has 0 spiro atoms. The largest absolute Gasteiger partial charge is 0.268 e. The number of rotatable bonds is 3. The van der Waals surface area contributed by atoms with Gasteiger partial charge in [0.05, 0.1) is 16.6 Å². The SMILES string of the molecule is CSc1n[nH]c(-n2ccc3c(cnc4c(-c5ccc(Br)cc5)c(C)nn43)c2=O)n1. The molecule has 0 bridgehead atoms. The molecule has 0 fully saturated rings.